The zero-order valence-electron chi connectivity index (χ0n) is 13.0. The highest BCUT2D eigenvalue weighted by molar-refractivity contribution is 5.28. The summed E-state index contributed by atoms with van der Waals surface area (Å²) in [6.45, 7) is 9.50. The minimum absolute atomic E-state index is 0.114. The first-order valence-electron chi connectivity index (χ1n) is 8.01. The van der Waals surface area contributed by atoms with Crippen molar-refractivity contribution in [3.05, 3.63) is 76.6 Å². The Balaban J connectivity index is 1.69. The van der Waals surface area contributed by atoms with Crippen LogP contribution in [0.2, 0.25) is 0 Å². The highest BCUT2D eigenvalue weighted by Gasteiger charge is 2.40. The molecule has 0 aromatic heterocycles. The Labute approximate surface area is 133 Å². The molecule has 0 atom stereocenters. The molecular weight excluding hydrogens is 268 g/mol. The first kappa shape index (κ1) is 14.8. The van der Waals surface area contributed by atoms with E-state index in [1.54, 1.807) is 0 Å². The summed E-state index contributed by atoms with van der Waals surface area (Å²) in [4.78, 5) is 6.53. The highest BCUT2D eigenvalue weighted by Crippen LogP contribution is 2.36. The van der Waals surface area contributed by atoms with E-state index in [4.69, 9.17) is 6.57 Å². The van der Waals surface area contributed by atoms with E-state index in [9.17, 15) is 0 Å². The molecule has 1 aliphatic heterocycles. The Bertz CT molecular complexity index is 620. The van der Waals surface area contributed by atoms with Gasteiger partial charge in [0.05, 0.1) is 5.41 Å². The molecule has 2 nitrogen and oxygen atoms in total. The minimum atomic E-state index is 0.114. The van der Waals surface area contributed by atoms with Gasteiger partial charge in [0.1, 0.15) is 0 Å². The largest absolute Gasteiger partial charge is 0.299 e. The third kappa shape index (κ3) is 3.21. The van der Waals surface area contributed by atoms with Crippen molar-refractivity contribution in [1.82, 2.24) is 4.90 Å². The summed E-state index contributed by atoms with van der Waals surface area (Å²) >= 11 is 0. The van der Waals surface area contributed by atoms with E-state index >= 15 is 0 Å². The summed E-state index contributed by atoms with van der Waals surface area (Å²) in [5.41, 5.74) is 2.88. The van der Waals surface area contributed by atoms with Crippen LogP contribution in [0.25, 0.3) is 4.85 Å². The molecular formula is C20H23N2+. The van der Waals surface area contributed by atoms with Crippen LogP contribution < -0.4 is 0 Å². The standard InChI is InChI=1S/C20H23N2/c1-21-17-20(19-10-6-3-7-11-19)12-14-22(15-13-20)16-18-8-4-2-5-9-18/h1-11H,12-17H2/q+1. The fourth-order valence-corrected chi connectivity index (χ4v) is 3.49. The van der Waals surface area contributed by atoms with Crippen LogP contribution in [0.5, 0.6) is 0 Å². The second-order valence-corrected chi connectivity index (χ2v) is 6.25. The molecule has 0 spiro atoms. The lowest BCUT2D eigenvalue weighted by atomic mass is 9.73. The van der Waals surface area contributed by atoms with E-state index < -0.39 is 0 Å². The molecule has 0 saturated carbocycles. The minimum Gasteiger partial charge on any atom is -0.299 e. The second kappa shape index (κ2) is 6.77. The van der Waals surface area contributed by atoms with Gasteiger partial charge in [-0.1, -0.05) is 65.5 Å². The van der Waals surface area contributed by atoms with Crippen molar-refractivity contribution in [2.24, 2.45) is 0 Å². The number of hydrogen-bond acceptors (Lipinski definition) is 1. The van der Waals surface area contributed by atoms with E-state index in [2.05, 4.69) is 70.4 Å². The summed E-state index contributed by atoms with van der Waals surface area (Å²) in [5.74, 6) is 0. The Morgan fingerprint density at radius 3 is 2.09 bits per heavy atom. The molecule has 3 rings (SSSR count). The molecule has 22 heavy (non-hydrogen) atoms. The van der Waals surface area contributed by atoms with Crippen LogP contribution in [-0.4, -0.2) is 24.5 Å². The molecule has 0 amide bonds. The molecule has 1 aliphatic rings. The summed E-state index contributed by atoms with van der Waals surface area (Å²) < 4.78 is 0. The maximum atomic E-state index is 5.55. The monoisotopic (exact) mass is 291 g/mol. The lowest BCUT2D eigenvalue weighted by Crippen LogP contribution is -2.43. The van der Waals surface area contributed by atoms with Crippen LogP contribution in [0.4, 0.5) is 0 Å². The SMILES string of the molecule is C#[N+]CC1(c2ccccc2)CCN(Cc2ccccc2)CC1. The van der Waals surface area contributed by atoms with Gasteiger partial charge in [0.15, 0.2) is 0 Å². The van der Waals surface area contributed by atoms with E-state index in [-0.39, 0.29) is 5.41 Å². The summed E-state index contributed by atoms with van der Waals surface area (Å²) in [6, 6.07) is 21.4. The quantitative estimate of drug-likeness (QED) is 0.820. The maximum absolute atomic E-state index is 5.55. The van der Waals surface area contributed by atoms with Crippen molar-refractivity contribution in [2.45, 2.75) is 24.8 Å². The Kier molecular flexibility index (Phi) is 4.56. The van der Waals surface area contributed by atoms with Crippen LogP contribution in [-0.2, 0) is 12.0 Å². The van der Waals surface area contributed by atoms with Crippen molar-refractivity contribution < 1.29 is 0 Å². The number of hydrogen-bond donors (Lipinski definition) is 0. The number of benzene rings is 2. The molecule has 0 radical (unpaired) electrons. The van der Waals surface area contributed by atoms with Crippen LogP contribution in [0, 0.1) is 6.57 Å². The highest BCUT2D eigenvalue weighted by atomic mass is 15.1. The van der Waals surface area contributed by atoms with Crippen LogP contribution in [0.1, 0.15) is 24.0 Å². The van der Waals surface area contributed by atoms with E-state index in [0.717, 1.165) is 39.0 Å². The smallest absolute Gasteiger partial charge is 0.272 e. The topological polar surface area (TPSA) is 7.60 Å². The Hall–Kier alpha value is -2.11. The third-order valence-corrected chi connectivity index (χ3v) is 4.84. The third-order valence-electron chi connectivity index (χ3n) is 4.84. The van der Waals surface area contributed by atoms with Crippen molar-refractivity contribution in [3.8, 4) is 6.57 Å². The molecule has 112 valence electrons. The fourth-order valence-electron chi connectivity index (χ4n) is 3.49. The van der Waals surface area contributed by atoms with Crippen molar-refractivity contribution in [2.75, 3.05) is 19.6 Å². The molecule has 0 bridgehead atoms. The molecule has 1 fully saturated rings. The zero-order valence-corrected chi connectivity index (χ0v) is 13.0. The van der Waals surface area contributed by atoms with Crippen LogP contribution >= 0.6 is 0 Å². The van der Waals surface area contributed by atoms with Gasteiger partial charge in [0, 0.05) is 6.54 Å². The summed E-state index contributed by atoms with van der Waals surface area (Å²) in [6.07, 6.45) is 2.23. The Morgan fingerprint density at radius 1 is 0.909 bits per heavy atom. The molecule has 2 aromatic carbocycles. The summed E-state index contributed by atoms with van der Waals surface area (Å²) in [5, 5.41) is 0. The molecule has 2 heteroatoms. The summed E-state index contributed by atoms with van der Waals surface area (Å²) in [7, 11) is 0. The van der Waals surface area contributed by atoms with E-state index in [1.165, 1.54) is 11.1 Å². The fraction of sp³-hybridized carbons (Fsp3) is 0.350. The van der Waals surface area contributed by atoms with Gasteiger partial charge in [-0.25, -0.2) is 0 Å². The second-order valence-electron chi connectivity index (χ2n) is 6.25. The van der Waals surface area contributed by atoms with Gasteiger partial charge < -0.3 is 0 Å². The normalized spacial score (nSPS) is 17.8. The van der Waals surface area contributed by atoms with Gasteiger partial charge in [-0.15, -0.1) is 0 Å². The van der Waals surface area contributed by atoms with Crippen molar-refractivity contribution >= 4 is 0 Å². The zero-order chi connectivity index (χ0) is 15.3. The number of nitrogens with zero attached hydrogens (tertiary/aromatic N) is 2. The average molecular weight is 291 g/mol. The molecule has 1 heterocycles. The molecule has 0 unspecified atom stereocenters. The van der Waals surface area contributed by atoms with Crippen molar-refractivity contribution in [3.63, 3.8) is 0 Å². The Morgan fingerprint density at radius 2 is 1.50 bits per heavy atom. The average Bonchev–Trinajstić information content (AvgIpc) is 2.59. The molecule has 2 aromatic rings. The van der Waals surface area contributed by atoms with Gasteiger partial charge in [0.2, 0.25) is 0 Å². The number of piperidine rings is 1. The predicted molar refractivity (Wildman–Crippen MR) is 92.2 cm³/mol. The lowest BCUT2D eigenvalue weighted by molar-refractivity contribution is 0.160. The van der Waals surface area contributed by atoms with Gasteiger partial charge in [-0.3, -0.25) is 4.90 Å². The van der Waals surface area contributed by atoms with E-state index in [0.29, 0.717) is 0 Å². The van der Waals surface area contributed by atoms with Gasteiger partial charge >= 0.3 is 0 Å². The molecule has 1 saturated heterocycles. The van der Waals surface area contributed by atoms with Crippen molar-refractivity contribution in [1.29, 1.82) is 0 Å². The van der Waals surface area contributed by atoms with Gasteiger partial charge in [-0.05, 0) is 37.1 Å². The number of rotatable bonds is 4. The van der Waals surface area contributed by atoms with Crippen LogP contribution in [0.15, 0.2) is 60.7 Å². The first-order chi connectivity index (χ1) is 10.8. The first-order valence-corrected chi connectivity index (χ1v) is 8.01. The van der Waals surface area contributed by atoms with Gasteiger partial charge in [-0.2, -0.15) is 0 Å². The van der Waals surface area contributed by atoms with Crippen LogP contribution in [0.3, 0.4) is 0 Å². The molecule has 0 aliphatic carbocycles. The lowest BCUT2D eigenvalue weighted by Gasteiger charge is -2.38. The number of likely N-dealkylation sites (tertiary alicyclic amines) is 1. The molecule has 0 N–H and O–H groups in total. The predicted octanol–water partition coefficient (Wildman–Crippen LogP) is 4.18. The van der Waals surface area contributed by atoms with E-state index in [1.807, 2.05) is 0 Å². The maximum Gasteiger partial charge on any atom is 0.272 e. The van der Waals surface area contributed by atoms with Gasteiger partial charge in [0.25, 0.3) is 13.1 Å².